The third-order valence-corrected chi connectivity index (χ3v) is 5.93. The fraction of sp³-hybridized carbons (Fsp3) is 0.600. The van der Waals surface area contributed by atoms with Crippen LogP contribution in [-0.4, -0.2) is 53.5 Å². The van der Waals surface area contributed by atoms with Crippen molar-refractivity contribution in [2.75, 3.05) is 45.7 Å². The lowest BCUT2D eigenvalue weighted by atomic mass is 9.96. The molecule has 1 N–H and O–H groups in total. The van der Waals surface area contributed by atoms with Crippen LogP contribution in [0.25, 0.3) is 0 Å². The second-order valence-electron chi connectivity index (χ2n) is 5.74. The number of hydrogen-bond donors (Lipinski definition) is 1. The van der Waals surface area contributed by atoms with Crippen molar-refractivity contribution in [3.05, 3.63) is 24.3 Å². The molecule has 0 bridgehead atoms. The van der Waals surface area contributed by atoms with Gasteiger partial charge in [0, 0.05) is 27.2 Å². The predicted octanol–water partition coefficient (Wildman–Crippen LogP) is 1.37. The average molecular weight is 311 g/mol. The lowest BCUT2D eigenvalue weighted by Gasteiger charge is -2.34. The molecule has 21 heavy (non-hydrogen) atoms. The van der Waals surface area contributed by atoms with Gasteiger partial charge in [0.25, 0.3) is 0 Å². The van der Waals surface area contributed by atoms with Crippen molar-refractivity contribution in [1.82, 2.24) is 9.62 Å². The maximum Gasteiger partial charge on any atom is 0.244 e. The Bertz CT molecular complexity index is 564. The zero-order valence-corrected chi connectivity index (χ0v) is 13.9. The smallest absolute Gasteiger partial charge is 0.244 e. The second-order valence-corrected chi connectivity index (χ2v) is 7.86. The van der Waals surface area contributed by atoms with Crippen molar-refractivity contribution in [2.45, 2.75) is 17.7 Å². The molecule has 1 fully saturated rings. The molecule has 1 heterocycles. The van der Waals surface area contributed by atoms with E-state index in [0.29, 0.717) is 10.8 Å². The molecule has 0 saturated carbocycles. The fourth-order valence-electron chi connectivity index (χ4n) is 2.80. The molecule has 1 aromatic carbocycles. The van der Waals surface area contributed by atoms with Crippen LogP contribution in [0.1, 0.15) is 12.8 Å². The van der Waals surface area contributed by atoms with Crippen LogP contribution >= 0.6 is 0 Å². The number of para-hydroxylation sites is 1. The minimum absolute atomic E-state index is 0.405. The van der Waals surface area contributed by atoms with E-state index in [1.807, 2.05) is 19.2 Å². The van der Waals surface area contributed by atoms with E-state index >= 15 is 0 Å². The first kappa shape index (κ1) is 16.3. The summed E-state index contributed by atoms with van der Waals surface area (Å²) in [5, 5.41) is 3.22. The van der Waals surface area contributed by atoms with Gasteiger partial charge in [0.2, 0.25) is 10.0 Å². The molecule has 0 spiro atoms. The van der Waals surface area contributed by atoms with Crippen molar-refractivity contribution in [1.29, 1.82) is 0 Å². The minimum Gasteiger partial charge on any atom is -0.370 e. The van der Waals surface area contributed by atoms with Crippen LogP contribution in [0, 0.1) is 5.92 Å². The van der Waals surface area contributed by atoms with Gasteiger partial charge in [-0.15, -0.1) is 0 Å². The molecule has 1 aliphatic rings. The van der Waals surface area contributed by atoms with E-state index in [2.05, 4.69) is 10.2 Å². The number of nitrogens with one attached hydrogen (secondary N) is 1. The monoisotopic (exact) mass is 311 g/mol. The van der Waals surface area contributed by atoms with E-state index in [1.54, 1.807) is 26.2 Å². The molecule has 0 aliphatic carbocycles. The molecule has 6 heteroatoms. The van der Waals surface area contributed by atoms with Crippen molar-refractivity contribution in [2.24, 2.45) is 5.92 Å². The highest BCUT2D eigenvalue weighted by Gasteiger charge is 2.26. The van der Waals surface area contributed by atoms with Crippen LogP contribution in [0.3, 0.4) is 0 Å². The Morgan fingerprint density at radius 3 is 2.43 bits per heavy atom. The molecular weight excluding hydrogens is 286 g/mol. The summed E-state index contributed by atoms with van der Waals surface area (Å²) < 4.78 is 26.2. The third-order valence-electron chi connectivity index (χ3n) is 4.07. The number of hydrogen-bond acceptors (Lipinski definition) is 4. The number of benzene rings is 1. The SMILES string of the molecule is CNCC1CCN(c2ccccc2S(=O)(=O)N(C)C)CC1. The zero-order valence-electron chi connectivity index (χ0n) is 13.0. The molecule has 0 atom stereocenters. The van der Waals surface area contributed by atoms with Crippen molar-refractivity contribution < 1.29 is 8.42 Å². The van der Waals surface area contributed by atoms with Gasteiger partial charge in [-0.3, -0.25) is 0 Å². The Balaban J connectivity index is 2.23. The molecule has 0 radical (unpaired) electrons. The molecule has 1 aliphatic heterocycles. The average Bonchev–Trinajstić information content (AvgIpc) is 2.48. The Kier molecular flexibility index (Phi) is 5.24. The van der Waals surface area contributed by atoms with E-state index in [4.69, 9.17) is 0 Å². The van der Waals surface area contributed by atoms with Crippen LogP contribution < -0.4 is 10.2 Å². The summed E-state index contributed by atoms with van der Waals surface area (Å²) in [5.74, 6) is 0.684. The van der Waals surface area contributed by atoms with Crippen LogP contribution in [0.15, 0.2) is 29.2 Å². The Morgan fingerprint density at radius 1 is 1.24 bits per heavy atom. The predicted molar refractivity (Wildman–Crippen MR) is 86.2 cm³/mol. The molecule has 0 amide bonds. The van der Waals surface area contributed by atoms with Crippen LogP contribution in [0.5, 0.6) is 0 Å². The molecule has 0 unspecified atom stereocenters. The summed E-state index contributed by atoms with van der Waals surface area (Å²) in [6.07, 6.45) is 2.19. The highest BCUT2D eigenvalue weighted by atomic mass is 32.2. The summed E-state index contributed by atoms with van der Waals surface area (Å²) in [6, 6.07) is 7.30. The minimum atomic E-state index is -3.40. The van der Waals surface area contributed by atoms with Crippen molar-refractivity contribution in [3.63, 3.8) is 0 Å². The molecule has 2 rings (SSSR count). The lowest BCUT2D eigenvalue weighted by molar-refractivity contribution is 0.392. The Hall–Kier alpha value is -1.11. The number of anilines is 1. The highest BCUT2D eigenvalue weighted by molar-refractivity contribution is 7.89. The second kappa shape index (κ2) is 6.77. The van der Waals surface area contributed by atoms with Gasteiger partial charge in [0.05, 0.1) is 5.69 Å². The molecule has 0 aromatic heterocycles. The van der Waals surface area contributed by atoms with Crippen molar-refractivity contribution in [3.8, 4) is 0 Å². The fourth-order valence-corrected chi connectivity index (χ4v) is 3.91. The van der Waals surface area contributed by atoms with Crippen LogP contribution in [0.2, 0.25) is 0 Å². The number of piperidine rings is 1. The van der Waals surface area contributed by atoms with Gasteiger partial charge in [-0.25, -0.2) is 12.7 Å². The number of nitrogens with zero attached hydrogens (tertiary/aromatic N) is 2. The molecule has 1 saturated heterocycles. The van der Waals surface area contributed by atoms with Gasteiger partial charge >= 0.3 is 0 Å². The molecule has 5 nitrogen and oxygen atoms in total. The quantitative estimate of drug-likeness (QED) is 0.892. The van der Waals surface area contributed by atoms with E-state index < -0.39 is 10.0 Å². The lowest BCUT2D eigenvalue weighted by Crippen LogP contribution is -2.37. The van der Waals surface area contributed by atoms with Crippen LogP contribution in [-0.2, 0) is 10.0 Å². The van der Waals surface area contributed by atoms with Gasteiger partial charge in [0.1, 0.15) is 4.90 Å². The van der Waals surface area contributed by atoms with Gasteiger partial charge < -0.3 is 10.2 Å². The third kappa shape index (κ3) is 3.56. The molecule has 118 valence electrons. The zero-order chi connectivity index (χ0) is 15.5. The Morgan fingerprint density at radius 2 is 1.86 bits per heavy atom. The molecule has 1 aromatic rings. The standard InChI is InChI=1S/C15H25N3O2S/c1-16-12-13-8-10-18(11-9-13)14-6-4-5-7-15(14)21(19,20)17(2)3/h4-7,13,16H,8-12H2,1-3H3. The first-order chi connectivity index (χ1) is 9.96. The normalized spacial score (nSPS) is 17.4. The number of sulfonamides is 1. The summed E-state index contributed by atoms with van der Waals surface area (Å²) in [5.41, 5.74) is 0.828. The van der Waals surface area contributed by atoms with E-state index in [-0.39, 0.29) is 0 Å². The largest absolute Gasteiger partial charge is 0.370 e. The van der Waals surface area contributed by atoms with Gasteiger partial charge in [-0.05, 0) is 44.5 Å². The topological polar surface area (TPSA) is 52.7 Å². The van der Waals surface area contributed by atoms with E-state index in [0.717, 1.165) is 38.2 Å². The first-order valence-electron chi connectivity index (χ1n) is 7.38. The molecular formula is C15H25N3O2S. The van der Waals surface area contributed by atoms with Gasteiger partial charge in [-0.2, -0.15) is 0 Å². The summed E-state index contributed by atoms with van der Waals surface area (Å²) in [6.45, 7) is 2.85. The van der Waals surface area contributed by atoms with Crippen molar-refractivity contribution >= 4 is 15.7 Å². The summed E-state index contributed by atoms with van der Waals surface area (Å²) >= 11 is 0. The summed E-state index contributed by atoms with van der Waals surface area (Å²) in [7, 11) is 1.73. The maximum atomic E-state index is 12.5. The van der Waals surface area contributed by atoms with E-state index in [9.17, 15) is 8.42 Å². The van der Waals surface area contributed by atoms with Gasteiger partial charge in [0.15, 0.2) is 0 Å². The number of rotatable bonds is 5. The van der Waals surface area contributed by atoms with Gasteiger partial charge in [-0.1, -0.05) is 12.1 Å². The van der Waals surface area contributed by atoms with Crippen LogP contribution in [0.4, 0.5) is 5.69 Å². The van der Waals surface area contributed by atoms with E-state index in [1.165, 1.54) is 4.31 Å². The highest BCUT2D eigenvalue weighted by Crippen LogP contribution is 2.30. The summed E-state index contributed by atoms with van der Waals surface area (Å²) in [4.78, 5) is 2.60. The maximum absolute atomic E-state index is 12.5. The first-order valence-corrected chi connectivity index (χ1v) is 8.82. The Labute approximate surface area is 128 Å².